The minimum atomic E-state index is -0.295. The number of hydrogen-bond donors (Lipinski definition) is 1. The summed E-state index contributed by atoms with van der Waals surface area (Å²) in [5, 5.41) is 3.10. The van der Waals surface area contributed by atoms with Crippen molar-refractivity contribution in [3.05, 3.63) is 41.2 Å². The molecule has 0 saturated carbocycles. The molecule has 0 bridgehead atoms. The van der Waals surface area contributed by atoms with Crippen molar-refractivity contribution in [3.63, 3.8) is 0 Å². The first-order valence-corrected chi connectivity index (χ1v) is 7.73. The van der Waals surface area contributed by atoms with Crippen LogP contribution in [0.15, 0.2) is 30.5 Å². The zero-order valence-corrected chi connectivity index (χ0v) is 13.8. The van der Waals surface area contributed by atoms with Gasteiger partial charge in [-0.25, -0.2) is 0 Å². The Labute approximate surface area is 142 Å². The lowest BCUT2D eigenvalue weighted by Gasteiger charge is -1.96. The molecule has 0 radical (unpaired) electrons. The number of benzene rings is 1. The van der Waals surface area contributed by atoms with Gasteiger partial charge < -0.3 is 4.98 Å². The minimum Gasteiger partial charge on any atom is -0.353 e. The number of halogens is 2. The average Bonchev–Trinajstić information content (AvgIpc) is 3.04. The van der Waals surface area contributed by atoms with Crippen LogP contribution in [0, 0.1) is 6.92 Å². The topological polar surface area (TPSA) is 66.1 Å². The number of amides is 2. The second-order valence-corrected chi connectivity index (χ2v) is 5.98. The maximum atomic E-state index is 10.4. The summed E-state index contributed by atoms with van der Waals surface area (Å²) >= 11 is 11.1. The summed E-state index contributed by atoms with van der Waals surface area (Å²) in [6.45, 7) is 2.00. The van der Waals surface area contributed by atoms with Crippen LogP contribution in [-0.4, -0.2) is 26.2 Å². The number of rotatable bonds is 0. The number of aromatic nitrogens is 2. The molecule has 1 fully saturated rings. The van der Waals surface area contributed by atoms with Gasteiger partial charge in [-0.3, -0.25) is 14.6 Å². The molecule has 2 amide bonds. The third-order valence-corrected chi connectivity index (χ3v) is 4.27. The summed E-state index contributed by atoms with van der Waals surface area (Å²) in [7, 11) is 0. The Kier molecular flexibility index (Phi) is 4.24. The molecule has 1 aliphatic heterocycles. The second-order valence-electron chi connectivity index (χ2n) is 5.20. The fraction of sp³-hybridized carbons (Fsp3) is 0.188. The van der Waals surface area contributed by atoms with E-state index in [9.17, 15) is 9.59 Å². The number of aromatic amines is 1. The third-order valence-electron chi connectivity index (χ3n) is 3.66. The van der Waals surface area contributed by atoms with E-state index in [-0.39, 0.29) is 24.7 Å². The molecule has 118 valence electrons. The van der Waals surface area contributed by atoms with Gasteiger partial charge in [0.15, 0.2) is 0 Å². The number of fused-ring (bicyclic) bond motifs is 3. The Bertz CT molecular complexity index is 904. The molecule has 1 aliphatic rings. The third kappa shape index (κ3) is 3.02. The lowest BCUT2D eigenvalue weighted by Crippen LogP contribution is -2.16. The highest BCUT2D eigenvalue weighted by atomic mass is 35.5. The van der Waals surface area contributed by atoms with Crippen LogP contribution in [0.25, 0.3) is 21.8 Å². The van der Waals surface area contributed by atoms with Crippen LogP contribution in [0.1, 0.15) is 18.5 Å². The molecule has 1 saturated heterocycles. The first-order chi connectivity index (χ1) is 11.0. The van der Waals surface area contributed by atoms with E-state index in [0.29, 0.717) is 4.42 Å². The van der Waals surface area contributed by atoms with E-state index in [4.69, 9.17) is 23.4 Å². The van der Waals surface area contributed by atoms with E-state index < -0.39 is 0 Å². The van der Waals surface area contributed by atoms with E-state index in [2.05, 4.69) is 9.97 Å². The molecule has 23 heavy (non-hydrogen) atoms. The second kappa shape index (κ2) is 6.18. The zero-order valence-electron chi connectivity index (χ0n) is 12.3. The van der Waals surface area contributed by atoms with Crippen molar-refractivity contribution in [2.75, 3.05) is 0 Å². The lowest BCUT2D eigenvalue weighted by molar-refractivity contribution is -0.132. The summed E-state index contributed by atoms with van der Waals surface area (Å²) in [5.74, 6) is -0.590. The van der Waals surface area contributed by atoms with Gasteiger partial charge in [0.05, 0.1) is 11.2 Å². The number of carbonyl (C=O) groups excluding carboxylic acids is 2. The van der Waals surface area contributed by atoms with Gasteiger partial charge in [0.1, 0.15) is 0 Å². The standard InChI is InChI=1S/C12H9ClN2.C4H4ClNO2/c1-7-12-9(4-5-14-7)10-6-8(13)2-3-11(10)15-12;5-6-3(7)1-2-4(6)8/h2-6,15H,1H3;1-2H2. The summed E-state index contributed by atoms with van der Waals surface area (Å²) < 4.78 is 0.639. The summed E-state index contributed by atoms with van der Waals surface area (Å²) in [4.78, 5) is 28.3. The van der Waals surface area contributed by atoms with Crippen LogP contribution in [0.4, 0.5) is 0 Å². The highest BCUT2D eigenvalue weighted by Crippen LogP contribution is 2.28. The number of nitrogens with zero attached hydrogens (tertiary/aromatic N) is 2. The Morgan fingerprint density at radius 3 is 2.43 bits per heavy atom. The van der Waals surface area contributed by atoms with Crippen molar-refractivity contribution in [1.82, 2.24) is 14.4 Å². The maximum absolute atomic E-state index is 10.4. The molecule has 5 nitrogen and oxygen atoms in total. The first-order valence-electron chi connectivity index (χ1n) is 7.01. The normalized spacial score (nSPS) is 14.5. The summed E-state index contributed by atoms with van der Waals surface area (Å²) in [5.41, 5.74) is 3.21. The van der Waals surface area contributed by atoms with Crippen molar-refractivity contribution in [2.24, 2.45) is 0 Å². The Morgan fingerprint density at radius 2 is 1.83 bits per heavy atom. The van der Waals surface area contributed by atoms with E-state index >= 15 is 0 Å². The molecule has 2 aromatic heterocycles. The highest BCUT2D eigenvalue weighted by molar-refractivity contribution is 6.32. The predicted molar refractivity (Wildman–Crippen MR) is 90.3 cm³/mol. The number of aryl methyl sites for hydroxylation is 1. The van der Waals surface area contributed by atoms with Crippen LogP contribution in [0.3, 0.4) is 0 Å². The molecular weight excluding hydrogens is 337 g/mol. The molecule has 4 rings (SSSR count). The maximum Gasteiger partial charge on any atom is 0.244 e. The fourth-order valence-corrected chi connectivity index (χ4v) is 2.82. The zero-order chi connectivity index (χ0) is 16.6. The van der Waals surface area contributed by atoms with Gasteiger partial charge in [0.2, 0.25) is 11.8 Å². The van der Waals surface area contributed by atoms with Crippen molar-refractivity contribution in [2.45, 2.75) is 19.8 Å². The quantitative estimate of drug-likeness (QED) is 0.493. The number of imide groups is 1. The molecule has 3 aromatic rings. The van der Waals surface area contributed by atoms with Crippen LogP contribution in [-0.2, 0) is 9.59 Å². The van der Waals surface area contributed by atoms with Crippen molar-refractivity contribution < 1.29 is 9.59 Å². The fourth-order valence-electron chi connectivity index (χ4n) is 2.48. The Hall–Kier alpha value is -2.11. The van der Waals surface area contributed by atoms with E-state index in [0.717, 1.165) is 27.1 Å². The van der Waals surface area contributed by atoms with Gasteiger partial charge in [0.25, 0.3) is 0 Å². The van der Waals surface area contributed by atoms with Crippen molar-refractivity contribution >= 4 is 57.0 Å². The monoisotopic (exact) mass is 349 g/mol. The highest BCUT2D eigenvalue weighted by Gasteiger charge is 2.26. The van der Waals surface area contributed by atoms with Crippen LogP contribution in [0.2, 0.25) is 5.02 Å². The minimum absolute atomic E-state index is 0.266. The largest absolute Gasteiger partial charge is 0.353 e. The summed E-state index contributed by atoms with van der Waals surface area (Å²) in [6, 6.07) is 7.88. The molecule has 1 aromatic carbocycles. The first kappa shape index (κ1) is 15.8. The van der Waals surface area contributed by atoms with Gasteiger partial charge in [-0.2, -0.15) is 4.42 Å². The predicted octanol–water partition coefficient (Wildman–Crippen LogP) is 3.97. The van der Waals surface area contributed by atoms with Crippen LogP contribution >= 0.6 is 23.4 Å². The lowest BCUT2D eigenvalue weighted by atomic mass is 10.2. The van der Waals surface area contributed by atoms with E-state index in [1.807, 2.05) is 37.4 Å². The molecule has 7 heteroatoms. The van der Waals surface area contributed by atoms with Gasteiger partial charge in [-0.1, -0.05) is 11.6 Å². The Balaban J connectivity index is 0.000000166. The van der Waals surface area contributed by atoms with Gasteiger partial charge >= 0.3 is 0 Å². The average molecular weight is 350 g/mol. The van der Waals surface area contributed by atoms with Gasteiger partial charge in [-0.05, 0) is 31.2 Å². The smallest absolute Gasteiger partial charge is 0.244 e. The van der Waals surface area contributed by atoms with Gasteiger partial charge in [-0.15, -0.1) is 0 Å². The molecule has 0 aliphatic carbocycles. The number of pyridine rings is 1. The molecular formula is C16H13Cl2N3O2. The molecule has 0 spiro atoms. The molecule has 3 heterocycles. The molecule has 0 unspecified atom stereocenters. The van der Waals surface area contributed by atoms with Crippen LogP contribution in [0.5, 0.6) is 0 Å². The summed E-state index contributed by atoms with van der Waals surface area (Å²) in [6.07, 6.45) is 2.36. The van der Waals surface area contributed by atoms with Crippen molar-refractivity contribution in [1.29, 1.82) is 0 Å². The van der Waals surface area contributed by atoms with E-state index in [1.54, 1.807) is 0 Å². The van der Waals surface area contributed by atoms with Crippen LogP contribution < -0.4 is 0 Å². The number of nitrogens with one attached hydrogen (secondary N) is 1. The Morgan fingerprint density at radius 1 is 1.13 bits per heavy atom. The number of carbonyl (C=O) groups is 2. The van der Waals surface area contributed by atoms with Gasteiger partial charge in [0, 0.05) is 52.1 Å². The SMILES string of the molecule is Cc1nccc2c1[nH]c1ccc(Cl)cc12.O=C1CCC(=O)N1Cl. The van der Waals surface area contributed by atoms with Crippen molar-refractivity contribution in [3.8, 4) is 0 Å². The molecule has 1 N–H and O–H groups in total. The number of H-pyrrole nitrogens is 1. The van der Waals surface area contributed by atoms with E-state index in [1.165, 1.54) is 5.39 Å². The molecule has 0 atom stereocenters. The number of hydrogen-bond acceptors (Lipinski definition) is 3.